The number of carboxylic acid groups (broad SMARTS) is 1. The summed E-state index contributed by atoms with van der Waals surface area (Å²) in [5, 5.41) is 20.8. The quantitative estimate of drug-likeness (QED) is 0.494. The van der Waals surface area contributed by atoms with E-state index in [1.807, 2.05) is 0 Å². The molecule has 1 N–H and O–H groups in total. The number of unbranched alkanes of at least 4 members (excludes halogenated alkanes) is 8. The second-order valence-electron chi connectivity index (χ2n) is 5.68. The molecule has 0 radical (unpaired) electrons. The fourth-order valence-corrected chi connectivity index (χ4v) is 2.58. The van der Waals surface area contributed by atoms with Gasteiger partial charge in [0.2, 0.25) is 0 Å². The Kier molecular flexibility index (Phi) is 13.6. The zero-order valence-electron chi connectivity index (χ0n) is 14.1. The predicted molar refractivity (Wildman–Crippen MR) is 83.8 cm³/mol. The van der Waals surface area contributed by atoms with Crippen LogP contribution in [0.1, 0.15) is 80.6 Å². The Morgan fingerprint density at radius 3 is 2.09 bits per heavy atom. The van der Waals surface area contributed by atoms with Gasteiger partial charge in [-0.05, 0) is 18.9 Å². The van der Waals surface area contributed by atoms with Crippen LogP contribution < -0.4 is 56.5 Å². The van der Waals surface area contributed by atoms with Crippen molar-refractivity contribution in [2.75, 3.05) is 0 Å². The number of carbonyl (C=O) groups is 1. The Hall–Kier alpha value is 0.126. The molecule has 1 aromatic carbocycles. The van der Waals surface area contributed by atoms with E-state index in [1.54, 1.807) is 12.1 Å². The first-order valence-electron chi connectivity index (χ1n) is 8.19. The van der Waals surface area contributed by atoms with Crippen LogP contribution in [0.25, 0.3) is 0 Å². The van der Waals surface area contributed by atoms with Gasteiger partial charge in [0, 0.05) is 0 Å². The Bertz CT molecular complexity index is 432. The van der Waals surface area contributed by atoms with Crippen LogP contribution in [-0.2, 0) is 6.42 Å². The molecule has 0 aromatic heterocycles. The smallest absolute Gasteiger partial charge is 0.872 e. The maximum absolute atomic E-state index is 11.9. The zero-order valence-corrected chi connectivity index (χ0v) is 17.2. The molecular weight excluding hydrogens is 303 g/mol. The van der Waals surface area contributed by atoms with Crippen LogP contribution in [0.5, 0.6) is 5.75 Å². The number of rotatable bonds is 11. The van der Waals surface area contributed by atoms with Crippen molar-refractivity contribution in [2.24, 2.45) is 0 Å². The van der Waals surface area contributed by atoms with E-state index < -0.39 is 5.97 Å². The van der Waals surface area contributed by atoms with Crippen molar-refractivity contribution in [3.8, 4) is 5.75 Å². The summed E-state index contributed by atoms with van der Waals surface area (Å²) in [6, 6.07) is 4.79. The topological polar surface area (TPSA) is 60.4 Å². The number of hydrogen-bond donors (Lipinski definition) is 1. The maximum Gasteiger partial charge on any atom is 1.00 e. The Morgan fingerprint density at radius 2 is 1.55 bits per heavy atom. The van der Waals surface area contributed by atoms with Gasteiger partial charge in [-0.15, -0.1) is 0 Å². The van der Waals surface area contributed by atoms with Gasteiger partial charge in [-0.1, -0.05) is 81.7 Å². The molecule has 1 rings (SSSR count). The van der Waals surface area contributed by atoms with Crippen LogP contribution >= 0.6 is 0 Å². The monoisotopic (exact) mass is 330 g/mol. The fraction of sp³-hybridized carbons (Fsp3) is 0.611. The van der Waals surface area contributed by atoms with E-state index in [2.05, 4.69) is 6.92 Å². The number of para-hydroxylation sites is 1. The van der Waals surface area contributed by atoms with Crippen LogP contribution in [0, 0.1) is 0 Å². The predicted octanol–water partition coefficient (Wildman–Crippen LogP) is 1.54. The van der Waals surface area contributed by atoms with Gasteiger partial charge in [-0.2, -0.15) is 0 Å². The molecule has 4 heteroatoms. The van der Waals surface area contributed by atoms with Crippen molar-refractivity contribution in [1.29, 1.82) is 0 Å². The molecule has 1 aromatic rings. The normalized spacial score (nSPS) is 10.2. The first-order valence-corrected chi connectivity index (χ1v) is 8.19. The van der Waals surface area contributed by atoms with E-state index in [0.717, 1.165) is 12.8 Å². The summed E-state index contributed by atoms with van der Waals surface area (Å²) >= 11 is 0. The van der Waals surface area contributed by atoms with Crippen molar-refractivity contribution in [3.63, 3.8) is 0 Å². The average Bonchev–Trinajstić information content (AvgIpc) is 2.46. The molecule has 0 atom stereocenters. The summed E-state index contributed by atoms with van der Waals surface area (Å²) in [7, 11) is 0. The first kappa shape index (κ1) is 22.1. The molecule has 0 fully saturated rings. The van der Waals surface area contributed by atoms with Crippen LogP contribution in [-0.4, -0.2) is 11.1 Å². The van der Waals surface area contributed by atoms with Crippen LogP contribution in [0.2, 0.25) is 0 Å². The van der Waals surface area contributed by atoms with Crippen molar-refractivity contribution in [3.05, 3.63) is 29.3 Å². The van der Waals surface area contributed by atoms with Crippen molar-refractivity contribution >= 4 is 5.97 Å². The van der Waals surface area contributed by atoms with E-state index in [9.17, 15) is 9.90 Å². The van der Waals surface area contributed by atoms with Crippen LogP contribution in [0.15, 0.2) is 18.2 Å². The van der Waals surface area contributed by atoms with E-state index >= 15 is 0 Å². The SMILES string of the molecule is CCCCCCCCCCCc1cccc(C(=O)O)c1[O-].[K+]. The van der Waals surface area contributed by atoms with Crippen LogP contribution in [0.4, 0.5) is 0 Å². The summed E-state index contributed by atoms with van der Waals surface area (Å²) in [6.45, 7) is 2.23. The molecule has 0 aliphatic carbocycles. The van der Waals surface area contributed by atoms with Gasteiger partial charge in [0.05, 0.1) is 5.56 Å². The van der Waals surface area contributed by atoms with Gasteiger partial charge < -0.3 is 10.2 Å². The number of carboxylic acids is 1. The Balaban J connectivity index is 0.00000441. The Labute approximate surface area is 176 Å². The van der Waals surface area contributed by atoms with Gasteiger partial charge in [-0.3, -0.25) is 0 Å². The summed E-state index contributed by atoms with van der Waals surface area (Å²) < 4.78 is 0. The first-order chi connectivity index (χ1) is 10.2. The molecular formula is C18H27KO3. The van der Waals surface area contributed by atoms with Gasteiger partial charge in [0.15, 0.2) is 0 Å². The second-order valence-corrected chi connectivity index (χ2v) is 5.68. The number of benzene rings is 1. The fourth-order valence-electron chi connectivity index (χ4n) is 2.58. The zero-order chi connectivity index (χ0) is 15.5. The van der Waals surface area contributed by atoms with E-state index in [0.29, 0.717) is 12.0 Å². The molecule has 3 nitrogen and oxygen atoms in total. The number of hydrogen-bond acceptors (Lipinski definition) is 2. The van der Waals surface area contributed by atoms with Crippen LogP contribution in [0.3, 0.4) is 0 Å². The molecule has 0 saturated heterocycles. The Morgan fingerprint density at radius 1 is 1.00 bits per heavy atom. The second kappa shape index (κ2) is 13.6. The minimum absolute atomic E-state index is 0. The molecule has 118 valence electrons. The number of aryl methyl sites for hydroxylation is 1. The van der Waals surface area contributed by atoms with Gasteiger partial charge in [-0.25, -0.2) is 4.79 Å². The van der Waals surface area contributed by atoms with Crippen molar-refractivity contribution < 1.29 is 66.4 Å². The van der Waals surface area contributed by atoms with E-state index in [1.165, 1.54) is 51.0 Å². The summed E-state index contributed by atoms with van der Waals surface area (Å²) in [5.41, 5.74) is 0.529. The molecule has 0 amide bonds. The molecule has 22 heavy (non-hydrogen) atoms. The third-order valence-corrected chi connectivity index (χ3v) is 3.88. The molecule has 0 bridgehead atoms. The molecule has 0 heterocycles. The summed E-state index contributed by atoms with van der Waals surface area (Å²) in [6.07, 6.45) is 11.9. The molecule has 0 aliphatic rings. The molecule has 0 unspecified atom stereocenters. The van der Waals surface area contributed by atoms with Crippen molar-refractivity contribution in [2.45, 2.75) is 71.1 Å². The van der Waals surface area contributed by atoms with E-state index in [-0.39, 0.29) is 62.7 Å². The average molecular weight is 331 g/mol. The summed E-state index contributed by atoms with van der Waals surface area (Å²) in [5.74, 6) is -1.45. The summed E-state index contributed by atoms with van der Waals surface area (Å²) in [4.78, 5) is 10.9. The van der Waals surface area contributed by atoms with E-state index in [4.69, 9.17) is 5.11 Å². The molecule has 0 spiro atoms. The van der Waals surface area contributed by atoms with Gasteiger partial charge in [0.25, 0.3) is 0 Å². The standard InChI is InChI=1S/C18H28O3.K/c1-2-3-4-5-6-7-8-9-10-12-15-13-11-14-16(17(15)19)18(20)21;/h11,13-14,19H,2-10,12H2,1H3,(H,20,21);/q;+1/p-1. The maximum atomic E-state index is 11.9. The van der Waals surface area contributed by atoms with Gasteiger partial charge in [0.1, 0.15) is 0 Å². The molecule has 0 aliphatic heterocycles. The third kappa shape index (κ3) is 8.68. The largest absolute Gasteiger partial charge is 1.00 e. The third-order valence-electron chi connectivity index (χ3n) is 3.88. The van der Waals surface area contributed by atoms with Gasteiger partial charge >= 0.3 is 57.4 Å². The minimum Gasteiger partial charge on any atom is -0.872 e. The molecule has 0 saturated carbocycles. The number of aromatic carboxylic acids is 1. The van der Waals surface area contributed by atoms with Crippen molar-refractivity contribution in [1.82, 2.24) is 0 Å². The minimum atomic E-state index is -1.13.